The minimum absolute atomic E-state index is 0.296. The molecular weight excluding hydrogens is 469 g/mol. The van der Waals surface area contributed by atoms with E-state index in [0.717, 1.165) is 22.5 Å². The first-order chi connectivity index (χ1) is 15.3. The molecule has 9 heteroatoms. The number of amides is 1. The molecule has 2 aromatic heterocycles. The van der Waals surface area contributed by atoms with Crippen LogP contribution in [0.3, 0.4) is 0 Å². The van der Waals surface area contributed by atoms with Crippen molar-refractivity contribution >= 4 is 46.5 Å². The molecule has 4 aromatic rings. The molecule has 0 radical (unpaired) electrons. The van der Waals surface area contributed by atoms with Crippen molar-refractivity contribution in [2.45, 2.75) is 26.9 Å². The number of anilines is 1. The molecule has 2 heterocycles. The fourth-order valence-corrected chi connectivity index (χ4v) is 3.84. The molecule has 0 aliphatic carbocycles. The molecule has 32 heavy (non-hydrogen) atoms. The van der Waals surface area contributed by atoms with E-state index in [9.17, 15) is 4.79 Å². The molecule has 0 atom stereocenters. The van der Waals surface area contributed by atoms with Crippen LogP contribution in [0.2, 0.25) is 15.1 Å². The van der Waals surface area contributed by atoms with E-state index < -0.39 is 0 Å². The van der Waals surface area contributed by atoms with Gasteiger partial charge in [0.1, 0.15) is 5.02 Å². The highest BCUT2D eigenvalue weighted by Gasteiger charge is 2.14. The molecule has 0 saturated heterocycles. The number of nitrogens with zero attached hydrogens (tertiary/aromatic N) is 4. The molecule has 164 valence electrons. The summed E-state index contributed by atoms with van der Waals surface area (Å²) in [6.45, 7) is 4.82. The number of carbonyl (C=O) groups excluding carboxylic acids is 1. The zero-order valence-electron chi connectivity index (χ0n) is 17.4. The fourth-order valence-electron chi connectivity index (χ4n) is 3.31. The normalized spacial score (nSPS) is 11.0. The Hall–Kier alpha value is -2.80. The van der Waals surface area contributed by atoms with Crippen LogP contribution in [0.5, 0.6) is 0 Å². The van der Waals surface area contributed by atoms with Crippen molar-refractivity contribution in [1.29, 1.82) is 0 Å². The zero-order valence-corrected chi connectivity index (χ0v) is 19.7. The van der Waals surface area contributed by atoms with Gasteiger partial charge < -0.3 is 5.32 Å². The van der Waals surface area contributed by atoms with Crippen LogP contribution in [0.15, 0.2) is 54.7 Å². The summed E-state index contributed by atoms with van der Waals surface area (Å²) in [6.07, 6.45) is 1.66. The van der Waals surface area contributed by atoms with Crippen LogP contribution < -0.4 is 5.32 Å². The summed E-state index contributed by atoms with van der Waals surface area (Å²) in [7, 11) is 0. The van der Waals surface area contributed by atoms with E-state index in [4.69, 9.17) is 34.8 Å². The standard InChI is InChI=1S/C23H20Cl3N5O/c1-14-21(26)15(2)31(28-14)11-16-7-9-17(10-8-16)23(32)27-22-20(25)13-30(29-22)12-18-5-3-4-6-19(18)24/h3-10,13H,11-12H2,1-2H3,(H,27,29,32). The number of rotatable bonds is 6. The summed E-state index contributed by atoms with van der Waals surface area (Å²) in [4.78, 5) is 12.7. The van der Waals surface area contributed by atoms with E-state index in [0.29, 0.717) is 39.5 Å². The average Bonchev–Trinajstić information content (AvgIpc) is 3.23. The van der Waals surface area contributed by atoms with Gasteiger partial charge in [-0.3, -0.25) is 14.2 Å². The number of halogens is 3. The predicted molar refractivity (Wildman–Crippen MR) is 128 cm³/mol. The van der Waals surface area contributed by atoms with Gasteiger partial charge in [-0.2, -0.15) is 10.2 Å². The lowest BCUT2D eigenvalue weighted by Gasteiger charge is -2.07. The summed E-state index contributed by atoms with van der Waals surface area (Å²) >= 11 is 18.7. The Balaban J connectivity index is 1.43. The first-order valence-corrected chi connectivity index (χ1v) is 11.0. The third-order valence-electron chi connectivity index (χ3n) is 5.08. The Labute approximate surface area is 200 Å². The van der Waals surface area contributed by atoms with Crippen LogP contribution in [0.25, 0.3) is 0 Å². The summed E-state index contributed by atoms with van der Waals surface area (Å²) in [6, 6.07) is 14.8. The Morgan fingerprint density at radius 2 is 1.66 bits per heavy atom. The van der Waals surface area contributed by atoms with Gasteiger partial charge in [-0.15, -0.1) is 0 Å². The van der Waals surface area contributed by atoms with Gasteiger partial charge in [-0.25, -0.2) is 0 Å². The first-order valence-electron chi connectivity index (χ1n) is 9.88. The fraction of sp³-hybridized carbons (Fsp3) is 0.174. The monoisotopic (exact) mass is 487 g/mol. The Bertz CT molecular complexity index is 1280. The number of benzene rings is 2. The molecule has 2 aromatic carbocycles. The van der Waals surface area contributed by atoms with Gasteiger partial charge in [0, 0.05) is 16.8 Å². The lowest BCUT2D eigenvalue weighted by Crippen LogP contribution is -2.13. The summed E-state index contributed by atoms with van der Waals surface area (Å²) in [5, 5.41) is 13.2. The van der Waals surface area contributed by atoms with Crippen molar-refractivity contribution in [2.24, 2.45) is 0 Å². The number of carbonyl (C=O) groups is 1. The minimum atomic E-state index is -0.296. The quantitative estimate of drug-likeness (QED) is 0.362. The van der Waals surface area contributed by atoms with Crippen LogP contribution in [0.4, 0.5) is 5.82 Å². The van der Waals surface area contributed by atoms with E-state index in [1.54, 1.807) is 23.0 Å². The topological polar surface area (TPSA) is 64.7 Å². The maximum absolute atomic E-state index is 12.7. The molecule has 0 unspecified atom stereocenters. The van der Waals surface area contributed by atoms with E-state index in [1.165, 1.54) is 0 Å². The molecule has 0 saturated carbocycles. The number of aryl methyl sites for hydroxylation is 1. The molecule has 4 rings (SSSR count). The number of hydrogen-bond donors (Lipinski definition) is 1. The molecule has 6 nitrogen and oxygen atoms in total. The van der Waals surface area contributed by atoms with Crippen LogP contribution in [-0.4, -0.2) is 25.5 Å². The second-order valence-corrected chi connectivity index (χ2v) is 8.60. The van der Waals surface area contributed by atoms with Crippen LogP contribution in [0.1, 0.15) is 32.9 Å². The molecule has 1 N–H and O–H groups in total. The van der Waals surface area contributed by atoms with Crippen molar-refractivity contribution in [3.05, 3.63) is 97.9 Å². The van der Waals surface area contributed by atoms with Crippen molar-refractivity contribution in [1.82, 2.24) is 19.6 Å². The lowest BCUT2D eigenvalue weighted by atomic mass is 10.1. The molecule has 0 fully saturated rings. The van der Waals surface area contributed by atoms with Gasteiger partial charge >= 0.3 is 0 Å². The Morgan fingerprint density at radius 3 is 2.31 bits per heavy atom. The van der Waals surface area contributed by atoms with Gasteiger partial charge in [-0.05, 0) is 43.2 Å². The van der Waals surface area contributed by atoms with Gasteiger partial charge in [0.2, 0.25) is 0 Å². The maximum Gasteiger partial charge on any atom is 0.256 e. The van der Waals surface area contributed by atoms with Crippen LogP contribution in [0, 0.1) is 13.8 Å². The van der Waals surface area contributed by atoms with Gasteiger partial charge in [0.25, 0.3) is 5.91 Å². The first kappa shape index (κ1) is 22.4. The minimum Gasteiger partial charge on any atom is -0.304 e. The molecule has 0 aliphatic rings. The zero-order chi connectivity index (χ0) is 22.8. The van der Waals surface area contributed by atoms with E-state index in [2.05, 4.69) is 15.5 Å². The van der Waals surface area contributed by atoms with Crippen molar-refractivity contribution in [3.63, 3.8) is 0 Å². The summed E-state index contributed by atoms with van der Waals surface area (Å²) in [5.41, 5.74) is 4.12. The van der Waals surface area contributed by atoms with Crippen LogP contribution >= 0.6 is 34.8 Å². The third-order valence-corrected chi connectivity index (χ3v) is 6.27. The van der Waals surface area contributed by atoms with Gasteiger partial charge in [0.05, 0.1) is 29.5 Å². The SMILES string of the molecule is Cc1nn(Cc2ccc(C(=O)Nc3nn(Cc4ccccc4Cl)cc3Cl)cc2)c(C)c1Cl. The highest BCUT2D eigenvalue weighted by Crippen LogP contribution is 2.23. The van der Waals surface area contributed by atoms with Crippen molar-refractivity contribution in [3.8, 4) is 0 Å². The average molecular weight is 489 g/mol. The Kier molecular flexibility index (Phi) is 6.55. The highest BCUT2D eigenvalue weighted by atomic mass is 35.5. The smallest absolute Gasteiger partial charge is 0.256 e. The molecule has 0 bridgehead atoms. The van der Waals surface area contributed by atoms with E-state index in [1.807, 2.05) is 54.9 Å². The van der Waals surface area contributed by atoms with Crippen molar-refractivity contribution in [2.75, 3.05) is 5.32 Å². The molecule has 0 aliphatic heterocycles. The molecular formula is C23H20Cl3N5O. The van der Waals surface area contributed by atoms with Crippen LogP contribution in [-0.2, 0) is 13.1 Å². The highest BCUT2D eigenvalue weighted by molar-refractivity contribution is 6.33. The second-order valence-electron chi connectivity index (χ2n) is 7.41. The number of hydrogen-bond acceptors (Lipinski definition) is 3. The second kappa shape index (κ2) is 9.36. The number of aromatic nitrogens is 4. The van der Waals surface area contributed by atoms with Crippen molar-refractivity contribution < 1.29 is 4.79 Å². The Morgan fingerprint density at radius 1 is 0.938 bits per heavy atom. The summed E-state index contributed by atoms with van der Waals surface area (Å²) < 4.78 is 3.49. The predicted octanol–water partition coefficient (Wildman–Crippen LogP) is 6.01. The lowest BCUT2D eigenvalue weighted by molar-refractivity contribution is 0.102. The summed E-state index contributed by atoms with van der Waals surface area (Å²) in [5.74, 6) is 0.000631. The third kappa shape index (κ3) is 4.83. The number of nitrogens with one attached hydrogen (secondary N) is 1. The van der Waals surface area contributed by atoms with E-state index in [-0.39, 0.29) is 5.91 Å². The molecule has 1 amide bonds. The van der Waals surface area contributed by atoms with E-state index >= 15 is 0 Å². The largest absolute Gasteiger partial charge is 0.304 e. The van der Waals surface area contributed by atoms with Gasteiger partial charge in [0.15, 0.2) is 5.82 Å². The van der Waals surface area contributed by atoms with Gasteiger partial charge in [-0.1, -0.05) is 65.1 Å². The molecule has 0 spiro atoms. The maximum atomic E-state index is 12.7.